The van der Waals surface area contributed by atoms with Gasteiger partial charge < -0.3 is 15.6 Å². The molecular formula is C11H14N2O3S. The van der Waals surface area contributed by atoms with Crippen LogP contribution in [0.2, 0.25) is 0 Å². The molecule has 92 valence electrons. The Labute approximate surface area is 103 Å². The number of hydrogen-bond acceptors (Lipinski definition) is 5. The van der Waals surface area contributed by atoms with Crippen molar-refractivity contribution in [3.63, 3.8) is 0 Å². The van der Waals surface area contributed by atoms with Crippen LogP contribution in [0.4, 0.5) is 5.13 Å². The minimum absolute atomic E-state index is 0.241. The van der Waals surface area contributed by atoms with Crippen LogP contribution in [0.25, 0.3) is 5.57 Å². The predicted octanol–water partition coefficient (Wildman–Crippen LogP) is 1.62. The van der Waals surface area contributed by atoms with Crippen molar-refractivity contribution in [1.29, 1.82) is 0 Å². The van der Waals surface area contributed by atoms with Gasteiger partial charge in [-0.3, -0.25) is 0 Å². The van der Waals surface area contributed by atoms with Gasteiger partial charge in [0.2, 0.25) is 0 Å². The lowest BCUT2D eigenvalue weighted by Crippen LogP contribution is -2.15. The summed E-state index contributed by atoms with van der Waals surface area (Å²) in [5, 5.41) is 11.3. The summed E-state index contributed by atoms with van der Waals surface area (Å²) >= 11 is 1.25. The number of ether oxygens (including phenoxy) is 1. The molecule has 1 aliphatic heterocycles. The lowest BCUT2D eigenvalue weighted by Gasteiger charge is -2.19. The number of nitrogen functional groups attached to an aromatic ring is 1. The number of anilines is 1. The van der Waals surface area contributed by atoms with Gasteiger partial charge in [0.1, 0.15) is 0 Å². The van der Waals surface area contributed by atoms with Crippen LogP contribution in [0.5, 0.6) is 0 Å². The van der Waals surface area contributed by atoms with E-state index < -0.39 is 5.97 Å². The molecule has 0 bridgehead atoms. The number of aromatic nitrogens is 1. The summed E-state index contributed by atoms with van der Waals surface area (Å²) in [5.41, 5.74) is 6.21. The SMILES string of the molecule is Nc1nc(/C(=C/C2CCOCC2)C(=O)O)cs1. The van der Waals surface area contributed by atoms with E-state index in [-0.39, 0.29) is 11.5 Å². The summed E-state index contributed by atoms with van der Waals surface area (Å²) in [6.07, 6.45) is 3.49. The fourth-order valence-electron chi connectivity index (χ4n) is 1.80. The topological polar surface area (TPSA) is 85.4 Å². The van der Waals surface area contributed by atoms with Crippen molar-refractivity contribution >= 4 is 28.0 Å². The highest BCUT2D eigenvalue weighted by atomic mass is 32.1. The summed E-state index contributed by atoms with van der Waals surface area (Å²) in [7, 11) is 0. The molecule has 0 amide bonds. The van der Waals surface area contributed by atoms with Gasteiger partial charge in [0.15, 0.2) is 5.13 Å². The van der Waals surface area contributed by atoms with Gasteiger partial charge in [-0.1, -0.05) is 6.08 Å². The number of carboxylic acid groups (broad SMARTS) is 1. The van der Waals surface area contributed by atoms with Crippen molar-refractivity contribution in [2.75, 3.05) is 18.9 Å². The zero-order valence-electron chi connectivity index (χ0n) is 9.26. The van der Waals surface area contributed by atoms with Gasteiger partial charge in [-0.05, 0) is 18.8 Å². The Morgan fingerprint density at radius 2 is 2.29 bits per heavy atom. The molecule has 0 unspecified atom stereocenters. The highest BCUT2D eigenvalue weighted by Gasteiger charge is 2.18. The van der Waals surface area contributed by atoms with Crippen LogP contribution in [-0.4, -0.2) is 29.3 Å². The van der Waals surface area contributed by atoms with Gasteiger partial charge in [0, 0.05) is 18.6 Å². The maximum absolute atomic E-state index is 11.2. The molecule has 1 aromatic rings. The summed E-state index contributed by atoms with van der Waals surface area (Å²) in [6, 6.07) is 0. The largest absolute Gasteiger partial charge is 0.478 e. The van der Waals surface area contributed by atoms with Crippen LogP contribution >= 0.6 is 11.3 Å². The van der Waals surface area contributed by atoms with Crippen molar-refractivity contribution in [2.24, 2.45) is 5.92 Å². The molecule has 6 heteroatoms. The van der Waals surface area contributed by atoms with Gasteiger partial charge in [-0.25, -0.2) is 9.78 Å². The summed E-state index contributed by atoms with van der Waals surface area (Å²) in [6.45, 7) is 1.38. The van der Waals surface area contributed by atoms with E-state index in [1.165, 1.54) is 11.3 Å². The van der Waals surface area contributed by atoms with Crippen molar-refractivity contribution in [1.82, 2.24) is 4.98 Å². The zero-order valence-corrected chi connectivity index (χ0v) is 10.1. The van der Waals surface area contributed by atoms with E-state index in [1.807, 2.05) is 0 Å². The van der Waals surface area contributed by atoms with E-state index in [4.69, 9.17) is 10.5 Å². The van der Waals surface area contributed by atoms with Gasteiger partial charge in [-0.2, -0.15) is 0 Å². The quantitative estimate of drug-likeness (QED) is 0.800. The number of carbonyl (C=O) groups is 1. The molecule has 0 spiro atoms. The van der Waals surface area contributed by atoms with Crippen molar-refractivity contribution in [3.05, 3.63) is 17.2 Å². The molecule has 2 heterocycles. The third kappa shape index (κ3) is 3.04. The molecular weight excluding hydrogens is 240 g/mol. The number of thiazole rings is 1. The van der Waals surface area contributed by atoms with E-state index in [2.05, 4.69) is 4.98 Å². The third-order valence-electron chi connectivity index (χ3n) is 2.70. The van der Waals surface area contributed by atoms with Crippen LogP contribution in [0.3, 0.4) is 0 Å². The number of nitrogens with zero attached hydrogens (tertiary/aromatic N) is 1. The molecule has 0 aliphatic carbocycles. The van der Waals surface area contributed by atoms with E-state index in [9.17, 15) is 9.90 Å². The molecule has 1 aliphatic rings. The number of allylic oxidation sites excluding steroid dienone is 1. The van der Waals surface area contributed by atoms with Gasteiger partial charge in [0.05, 0.1) is 11.3 Å². The second-order valence-electron chi connectivity index (χ2n) is 3.91. The Morgan fingerprint density at radius 1 is 1.59 bits per heavy atom. The van der Waals surface area contributed by atoms with Gasteiger partial charge >= 0.3 is 5.97 Å². The molecule has 0 radical (unpaired) electrons. The monoisotopic (exact) mass is 254 g/mol. The number of hydrogen-bond donors (Lipinski definition) is 2. The minimum atomic E-state index is -0.957. The molecule has 1 fully saturated rings. The number of aliphatic carboxylic acids is 1. The lowest BCUT2D eigenvalue weighted by atomic mass is 9.96. The fourth-order valence-corrected chi connectivity index (χ4v) is 2.36. The molecule has 3 N–H and O–H groups in total. The maximum Gasteiger partial charge on any atom is 0.337 e. The number of nitrogens with two attached hydrogens (primary N) is 1. The molecule has 17 heavy (non-hydrogen) atoms. The first-order valence-electron chi connectivity index (χ1n) is 5.41. The Balaban J connectivity index is 2.22. The molecule has 5 nitrogen and oxygen atoms in total. The Morgan fingerprint density at radius 3 is 2.82 bits per heavy atom. The second-order valence-corrected chi connectivity index (χ2v) is 4.80. The number of carboxylic acids is 1. The van der Waals surface area contributed by atoms with Gasteiger partial charge in [-0.15, -0.1) is 11.3 Å². The number of rotatable bonds is 3. The van der Waals surface area contributed by atoms with Crippen LogP contribution in [-0.2, 0) is 9.53 Å². The summed E-state index contributed by atoms with van der Waals surface area (Å²) in [5.74, 6) is -0.709. The maximum atomic E-state index is 11.2. The van der Waals surface area contributed by atoms with Crippen LogP contribution in [0.15, 0.2) is 11.5 Å². The lowest BCUT2D eigenvalue weighted by molar-refractivity contribution is -0.130. The summed E-state index contributed by atoms with van der Waals surface area (Å²) < 4.78 is 5.24. The van der Waals surface area contributed by atoms with Gasteiger partial charge in [0.25, 0.3) is 0 Å². The molecule has 1 saturated heterocycles. The second kappa shape index (κ2) is 5.29. The third-order valence-corrected chi connectivity index (χ3v) is 3.37. The van der Waals surface area contributed by atoms with Crippen molar-refractivity contribution < 1.29 is 14.6 Å². The molecule has 0 atom stereocenters. The highest BCUT2D eigenvalue weighted by Crippen LogP contribution is 2.24. The first-order chi connectivity index (χ1) is 8.16. The average molecular weight is 254 g/mol. The Kier molecular flexibility index (Phi) is 3.75. The summed E-state index contributed by atoms with van der Waals surface area (Å²) in [4.78, 5) is 15.2. The van der Waals surface area contributed by atoms with Crippen LogP contribution < -0.4 is 5.73 Å². The standard InChI is InChI=1S/C11H14N2O3S/c12-11-13-9(6-17-11)8(10(14)15)5-7-1-3-16-4-2-7/h5-7H,1-4H2,(H2,12,13)(H,14,15)/b8-5-. The average Bonchev–Trinajstić information content (AvgIpc) is 2.73. The highest BCUT2D eigenvalue weighted by molar-refractivity contribution is 7.13. The predicted molar refractivity (Wildman–Crippen MR) is 65.7 cm³/mol. The zero-order chi connectivity index (χ0) is 12.3. The van der Waals surface area contributed by atoms with E-state index in [0.29, 0.717) is 24.0 Å². The fraction of sp³-hybridized carbons (Fsp3) is 0.455. The van der Waals surface area contributed by atoms with E-state index in [1.54, 1.807) is 11.5 Å². The molecule has 1 aromatic heterocycles. The molecule has 0 saturated carbocycles. The molecule has 2 rings (SSSR count). The van der Waals surface area contributed by atoms with Crippen LogP contribution in [0, 0.1) is 5.92 Å². The molecule has 0 aromatic carbocycles. The Hall–Kier alpha value is -1.40. The smallest absolute Gasteiger partial charge is 0.337 e. The normalized spacial score (nSPS) is 18.2. The van der Waals surface area contributed by atoms with Crippen molar-refractivity contribution in [3.8, 4) is 0 Å². The first kappa shape index (κ1) is 12.1. The minimum Gasteiger partial charge on any atom is -0.478 e. The van der Waals surface area contributed by atoms with E-state index in [0.717, 1.165) is 12.8 Å². The van der Waals surface area contributed by atoms with E-state index >= 15 is 0 Å². The van der Waals surface area contributed by atoms with Crippen LogP contribution in [0.1, 0.15) is 18.5 Å². The van der Waals surface area contributed by atoms with Crippen molar-refractivity contribution in [2.45, 2.75) is 12.8 Å². The first-order valence-corrected chi connectivity index (χ1v) is 6.29. The Bertz CT molecular complexity index is 436.